The monoisotopic (exact) mass is 368 g/mol. The van der Waals surface area contributed by atoms with Gasteiger partial charge < -0.3 is 4.74 Å². The number of hydrogen-bond donors (Lipinski definition) is 0. The van der Waals surface area contributed by atoms with Gasteiger partial charge in [-0.1, -0.05) is 23.9 Å². The lowest BCUT2D eigenvalue weighted by molar-refractivity contribution is 0.415. The minimum Gasteiger partial charge on any atom is -0.497 e. The minimum atomic E-state index is 0.541. The minimum absolute atomic E-state index is 0.541. The van der Waals surface area contributed by atoms with Crippen LogP contribution in [0.25, 0.3) is 10.6 Å². The smallest absolute Gasteiger partial charge is 0.126 e. The molecule has 3 aromatic rings. The number of nitriles is 1. The summed E-state index contributed by atoms with van der Waals surface area (Å²) in [6, 6.07) is 10.1. The van der Waals surface area contributed by atoms with Gasteiger partial charge in [0.25, 0.3) is 0 Å². The van der Waals surface area contributed by atoms with Gasteiger partial charge in [-0.25, -0.2) is 15.0 Å². The molecule has 0 unspecified atom stereocenters. The standard InChI is InChI=1S/C18H16N4OS2/c1-11-16(8-19)18(21-12(2)20-11)25-10-14-9-24-17(22-14)13-5-4-6-15(7-13)23-3/h4-7,9H,10H2,1-3H3. The first-order chi connectivity index (χ1) is 12.1. The van der Waals surface area contributed by atoms with Gasteiger partial charge in [0.1, 0.15) is 33.2 Å². The Morgan fingerprint density at radius 1 is 1.24 bits per heavy atom. The lowest BCUT2D eigenvalue weighted by atomic mass is 10.2. The SMILES string of the molecule is COc1cccc(-c2nc(CSc3nc(C)nc(C)c3C#N)cs2)c1. The summed E-state index contributed by atoms with van der Waals surface area (Å²) in [7, 11) is 1.65. The van der Waals surface area contributed by atoms with E-state index in [2.05, 4.69) is 21.0 Å². The van der Waals surface area contributed by atoms with Crippen LogP contribution in [-0.4, -0.2) is 22.1 Å². The molecule has 25 heavy (non-hydrogen) atoms. The second-order valence-corrected chi connectivity index (χ2v) is 7.13. The van der Waals surface area contributed by atoms with Crippen molar-refractivity contribution < 1.29 is 4.74 Å². The molecule has 0 amide bonds. The van der Waals surface area contributed by atoms with Gasteiger partial charge in [-0.05, 0) is 26.0 Å². The Kier molecular flexibility index (Phi) is 5.31. The third-order valence-electron chi connectivity index (χ3n) is 3.51. The molecule has 2 aromatic heterocycles. The highest BCUT2D eigenvalue weighted by Gasteiger charge is 2.12. The zero-order valence-electron chi connectivity index (χ0n) is 14.1. The van der Waals surface area contributed by atoms with E-state index in [1.54, 1.807) is 18.4 Å². The third kappa shape index (κ3) is 3.98. The van der Waals surface area contributed by atoms with Crippen molar-refractivity contribution in [2.45, 2.75) is 24.6 Å². The van der Waals surface area contributed by atoms with E-state index in [1.807, 2.05) is 43.5 Å². The second kappa shape index (κ2) is 7.64. The summed E-state index contributed by atoms with van der Waals surface area (Å²) in [5.74, 6) is 2.15. The van der Waals surface area contributed by atoms with Crippen LogP contribution >= 0.6 is 23.1 Å². The maximum Gasteiger partial charge on any atom is 0.126 e. The summed E-state index contributed by atoms with van der Waals surface area (Å²) in [5, 5.41) is 13.0. The first kappa shape index (κ1) is 17.4. The number of aryl methyl sites for hydroxylation is 2. The maximum atomic E-state index is 9.32. The third-order valence-corrected chi connectivity index (χ3v) is 5.45. The molecular formula is C18H16N4OS2. The van der Waals surface area contributed by atoms with Crippen molar-refractivity contribution >= 4 is 23.1 Å². The number of rotatable bonds is 5. The van der Waals surface area contributed by atoms with Crippen LogP contribution in [0.2, 0.25) is 0 Å². The molecule has 0 atom stereocenters. The van der Waals surface area contributed by atoms with E-state index in [-0.39, 0.29) is 0 Å². The quantitative estimate of drug-likeness (QED) is 0.491. The summed E-state index contributed by atoms with van der Waals surface area (Å²) < 4.78 is 5.26. The number of ether oxygens (including phenoxy) is 1. The average Bonchev–Trinajstić information content (AvgIpc) is 3.08. The summed E-state index contributed by atoms with van der Waals surface area (Å²) in [6.07, 6.45) is 0. The van der Waals surface area contributed by atoms with E-state index in [0.717, 1.165) is 22.0 Å². The number of aromatic nitrogens is 3. The molecule has 0 fully saturated rings. The molecule has 2 heterocycles. The van der Waals surface area contributed by atoms with E-state index >= 15 is 0 Å². The lowest BCUT2D eigenvalue weighted by Gasteiger charge is -2.05. The summed E-state index contributed by atoms with van der Waals surface area (Å²) >= 11 is 3.11. The Bertz CT molecular complexity index is 946. The second-order valence-electron chi connectivity index (χ2n) is 5.31. The molecule has 126 valence electrons. The van der Waals surface area contributed by atoms with E-state index in [4.69, 9.17) is 4.74 Å². The molecular weight excluding hydrogens is 352 g/mol. The van der Waals surface area contributed by atoms with Gasteiger partial charge in [-0.2, -0.15) is 5.26 Å². The molecule has 0 aliphatic rings. The largest absolute Gasteiger partial charge is 0.497 e. The van der Waals surface area contributed by atoms with Gasteiger partial charge in [0, 0.05) is 16.7 Å². The molecule has 0 bridgehead atoms. The van der Waals surface area contributed by atoms with E-state index in [0.29, 0.717) is 27.9 Å². The first-order valence-corrected chi connectivity index (χ1v) is 9.44. The Morgan fingerprint density at radius 2 is 2.08 bits per heavy atom. The van der Waals surface area contributed by atoms with E-state index in [1.165, 1.54) is 11.8 Å². The first-order valence-electron chi connectivity index (χ1n) is 7.57. The van der Waals surface area contributed by atoms with Gasteiger partial charge in [0.05, 0.1) is 18.5 Å². The molecule has 0 saturated heterocycles. The van der Waals surface area contributed by atoms with Gasteiger partial charge in [-0.15, -0.1) is 11.3 Å². The predicted octanol–water partition coefficient (Wildman–Crippen LogP) is 4.39. The van der Waals surface area contributed by atoms with Gasteiger partial charge in [0.2, 0.25) is 0 Å². The Hall–Kier alpha value is -2.43. The molecule has 0 aliphatic carbocycles. The van der Waals surface area contributed by atoms with E-state index < -0.39 is 0 Å². The topological polar surface area (TPSA) is 71.7 Å². The summed E-state index contributed by atoms with van der Waals surface area (Å²) in [6.45, 7) is 3.67. The van der Waals surface area contributed by atoms with Crippen molar-refractivity contribution in [3.05, 3.63) is 52.4 Å². The van der Waals surface area contributed by atoms with Gasteiger partial charge in [0.15, 0.2) is 0 Å². The summed E-state index contributed by atoms with van der Waals surface area (Å²) in [4.78, 5) is 13.3. The molecule has 3 rings (SSSR count). The molecule has 7 heteroatoms. The van der Waals surface area contributed by atoms with Crippen LogP contribution in [0.4, 0.5) is 0 Å². The fourth-order valence-corrected chi connectivity index (χ4v) is 4.21. The van der Waals surface area contributed by atoms with Crippen LogP contribution in [0.1, 0.15) is 22.8 Å². The number of thioether (sulfide) groups is 1. The Balaban J connectivity index is 1.78. The number of benzene rings is 1. The number of nitrogens with zero attached hydrogens (tertiary/aromatic N) is 4. The zero-order chi connectivity index (χ0) is 17.8. The number of thiazole rings is 1. The fraction of sp³-hybridized carbons (Fsp3) is 0.222. The zero-order valence-corrected chi connectivity index (χ0v) is 15.7. The normalized spacial score (nSPS) is 10.5. The van der Waals surface area contributed by atoms with Crippen molar-refractivity contribution in [2.75, 3.05) is 7.11 Å². The van der Waals surface area contributed by atoms with Crippen molar-refractivity contribution in [1.82, 2.24) is 15.0 Å². The molecule has 5 nitrogen and oxygen atoms in total. The maximum absolute atomic E-state index is 9.32. The summed E-state index contributed by atoms with van der Waals surface area (Å²) in [5.41, 5.74) is 3.25. The highest BCUT2D eigenvalue weighted by atomic mass is 32.2. The Morgan fingerprint density at radius 3 is 2.84 bits per heavy atom. The van der Waals surface area contributed by atoms with Crippen LogP contribution in [0.15, 0.2) is 34.7 Å². The molecule has 0 spiro atoms. The van der Waals surface area contributed by atoms with Crippen molar-refractivity contribution in [3.8, 4) is 22.4 Å². The lowest BCUT2D eigenvalue weighted by Crippen LogP contribution is -1.99. The molecule has 1 aromatic carbocycles. The van der Waals surface area contributed by atoms with Crippen molar-refractivity contribution in [2.24, 2.45) is 0 Å². The number of methoxy groups -OCH3 is 1. The van der Waals surface area contributed by atoms with E-state index in [9.17, 15) is 5.26 Å². The van der Waals surface area contributed by atoms with Gasteiger partial charge in [-0.3, -0.25) is 0 Å². The average molecular weight is 368 g/mol. The number of hydrogen-bond acceptors (Lipinski definition) is 7. The highest BCUT2D eigenvalue weighted by Crippen LogP contribution is 2.30. The predicted molar refractivity (Wildman–Crippen MR) is 99.9 cm³/mol. The van der Waals surface area contributed by atoms with Crippen LogP contribution in [0.3, 0.4) is 0 Å². The molecule has 0 saturated carbocycles. The highest BCUT2D eigenvalue weighted by molar-refractivity contribution is 7.98. The Labute approximate surface area is 154 Å². The van der Waals surface area contributed by atoms with Crippen LogP contribution in [0, 0.1) is 25.2 Å². The molecule has 0 N–H and O–H groups in total. The van der Waals surface area contributed by atoms with Crippen LogP contribution in [-0.2, 0) is 5.75 Å². The van der Waals surface area contributed by atoms with Crippen molar-refractivity contribution in [3.63, 3.8) is 0 Å². The van der Waals surface area contributed by atoms with Crippen LogP contribution < -0.4 is 4.74 Å². The van der Waals surface area contributed by atoms with Crippen molar-refractivity contribution in [1.29, 1.82) is 5.26 Å². The van der Waals surface area contributed by atoms with Crippen LogP contribution in [0.5, 0.6) is 5.75 Å². The fourth-order valence-electron chi connectivity index (χ4n) is 2.32. The van der Waals surface area contributed by atoms with Gasteiger partial charge >= 0.3 is 0 Å². The molecule has 0 radical (unpaired) electrons. The molecule has 0 aliphatic heterocycles.